The average molecular weight is 1320 g/mol. The summed E-state index contributed by atoms with van der Waals surface area (Å²) in [4.78, 5) is 2.61. The van der Waals surface area contributed by atoms with Gasteiger partial charge in [0.1, 0.15) is 27.9 Å². The summed E-state index contributed by atoms with van der Waals surface area (Å²) >= 11 is 0. The van der Waals surface area contributed by atoms with Gasteiger partial charge in [0.25, 0.3) is 0 Å². The Labute approximate surface area is 593 Å². The second-order valence-electron chi connectivity index (χ2n) is 31.9. The molecule has 100 heavy (non-hydrogen) atoms. The molecular formula is C96H101NO3. The maximum absolute atomic E-state index is 7.66. The van der Waals surface area contributed by atoms with Crippen LogP contribution in [0.1, 0.15) is 254 Å². The van der Waals surface area contributed by atoms with Gasteiger partial charge in [0.05, 0.1) is 5.69 Å². The predicted octanol–water partition coefficient (Wildman–Crippen LogP) is 29.4. The van der Waals surface area contributed by atoms with E-state index >= 15 is 0 Å². The van der Waals surface area contributed by atoms with Gasteiger partial charge >= 0.3 is 0 Å². The van der Waals surface area contributed by atoms with Crippen molar-refractivity contribution in [2.45, 2.75) is 231 Å². The lowest BCUT2D eigenvalue weighted by molar-refractivity contribution is 0.369. The Bertz CT molecular complexity index is 5280. The van der Waals surface area contributed by atoms with Crippen LogP contribution in [0.2, 0.25) is 0 Å². The van der Waals surface area contributed by atoms with E-state index < -0.39 is 0 Å². The zero-order valence-electron chi connectivity index (χ0n) is 60.9. The van der Waals surface area contributed by atoms with Crippen molar-refractivity contribution in [3.63, 3.8) is 0 Å². The first-order valence-corrected chi connectivity index (χ1v) is 39.2. The topological polar surface area (TPSA) is 42.7 Å². The Morgan fingerprint density at radius 3 is 1.39 bits per heavy atom. The zero-order valence-corrected chi connectivity index (χ0v) is 60.9. The van der Waals surface area contributed by atoms with E-state index in [4.69, 9.17) is 13.3 Å². The maximum atomic E-state index is 7.66. The van der Waals surface area contributed by atoms with Gasteiger partial charge in [-0.15, -0.1) is 0 Å². The molecule has 4 heteroatoms. The van der Waals surface area contributed by atoms with E-state index in [1.165, 1.54) is 241 Å². The molecular weight excluding hydrogens is 1220 g/mol. The second-order valence-corrected chi connectivity index (χ2v) is 31.9. The van der Waals surface area contributed by atoms with E-state index in [1.54, 1.807) is 16.7 Å². The lowest BCUT2D eigenvalue weighted by Crippen LogP contribution is -2.33. The highest BCUT2D eigenvalue weighted by atomic mass is 16.3. The molecule has 0 saturated carbocycles. The van der Waals surface area contributed by atoms with Crippen molar-refractivity contribution in [1.82, 2.24) is 0 Å². The van der Waals surface area contributed by atoms with Crippen molar-refractivity contribution in [2.24, 2.45) is 0 Å². The number of para-hydroxylation sites is 4. The van der Waals surface area contributed by atoms with Crippen molar-refractivity contribution in [2.75, 3.05) is 4.90 Å². The van der Waals surface area contributed by atoms with Crippen molar-refractivity contribution in [3.05, 3.63) is 220 Å². The van der Waals surface area contributed by atoms with Gasteiger partial charge in [-0.3, -0.25) is 0 Å². The summed E-state index contributed by atoms with van der Waals surface area (Å²) in [6.45, 7) is 19.3. The molecule has 0 N–H and O–H groups in total. The number of hydrogen-bond donors (Lipinski definition) is 0. The normalized spacial score (nSPS) is 15.3. The fourth-order valence-corrected chi connectivity index (χ4v) is 20.3. The van der Waals surface area contributed by atoms with E-state index in [9.17, 15) is 0 Å². The summed E-state index contributed by atoms with van der Waals surface area (Å²) in [5.41, 5.74) is 31.0. The number of unbranched alkanes of at least 4 members (excludes halogenated alkanes) is 16. The highest BCUT2D eigenvalue weighted by Crippen LogP contribution is 2.68. The van der Waals surface area contributed by atoms with Gasteiger partial charge in [-0.1, -0.05) is 293 Å². The fraction of sp³-hybridized carbons (Fsp3) is 0.375. The molecule has 0 spiro atoms. The van der Waals surface area contributed by atoms with E-state index in [0.29, 0.717) is 0 Å². The average Bonchev–Trinajstić information content (AvgIpc) is 1.50. The highest BCUT2D eigenvalue weighted by Gasteiger charge is 2.54. The third-order valence-electron chi connectivity index (χ3n) is 25.2. The predicted molar refractivity (Wildman–Crippen MR) is 424 cm³/mol. The van der Waals surface area contributed by atoms with Crippen molar-refractivity contribution in [1.29, 1.82) is 0 Å². The van der Waals surface area contributed by atoms with E-state index in [0.717, 1.165) is 68.5 Å². The van der Waals surface area contributed by atoms with E-state index in [-0.39, 0.29) is 21.7 Å². The minimum absolute atomic E-state index is 0.154. The van der Waals surface area contributed by atoms with Gasteiger partial charge in [-0.2, -0.15) is 0 Å². The molecule has 508 valence electrons. The Hall–Kier alpha value is -8.60. The number of fused-ring (bicyclic) bond motifs is 25. The third kappa shape index (κ3) is 9.99. The van der Waals surface area contributed by atoms with Crippen LogP contribution in [0.3, 0.4) is 0 Å². The Morgan fingerprint density at radius 1 is 0.290 bits per heavy atom. The van der Waals surface area contributed by atoms with Gasteiger partial charge in [0, 0.05) is 70.9 Å². The first-order chi connectivity index (χ1) is 49.0. The summed E-state index contributed by atoms with van der Waals surface area (Å²) in [7, 11) is 0. The molecule has 4 aliphatic rings. The fourth-order valence-electron chi connectivity index (χ4n) is 20.3. The number of nitrogens with zero attached hydrogens (tertiary/aromatic N) is 1. The van der Waals surface area contributed by atoms with Gasteiger partial charge in [-0.25, -0.2) is 0 Å². The SMILES string of the molecule is CCCCCCCC1(CCCCCCC)c2cc(N(c3ccc4c(c3)C(C)(C)c3cc5c(cc3-4)C(C)(C)c3ccc4oc6ccccc6c4c3-5)c3cccc4c3oc3ccccc34)ccc2-c2c1c1c(c3c2oc2ccccc23)-c2ccccc2C1(CCCCCCC)CCCCCCC. The van der Waals surface area contributed by atoms with Gasteiger partial charge < -0.3 is 18.2 Å². The van der Waals surface area contributed by atoms with Crippen molar-refractivity contribution < 1.29 is 13.3 Å². The number of anilines is 3. The Morgan fingerprint density at radius 2 is 0.750 bits per heavy atom. The van der Waals surface area contributed by atoms with Crippen LogP contribution in [-0.2, 0) is 21.7 Å². The van der Waals surface area contributed by atoms with Crippen LogP contribution in [0, 0.1) is 0 Å². The largest absolute Gasteiger partial charge is 0.456 e. The second kappa shape index (κ2) is 25.8. The lowest BCUT2D eigenvalue weighted by Gasteiger charge is -2.40. The van der Waals surface area contributed by atoms with Crippen LogP contribution >= 0.6 is 0 Å². The molecule has 3 aromatic heterocycles. The Kier molecular flexibility index (Phi) is 16.7. The van der Waals surface area contributed by atoms with Crippen molar-refractivity contribution >= 4 is 82.9 Å². The minimum atomic E-state index is -0.329. The molecule has 3 heterocycles. The molecule has 0 atom stereocenters. The molecule has 0 amide bonds. The molecule has 0 fully saturated rings. The highest BCUT2D eigenvalue weighted by molar-refractivity contribution is 6.21. The van der Waals surface area contributed by atoms with Crippen LogP contribution in [0.25, 0.3) is 110 Å². The molecule has 4 nitrogen and oxygen atoms in total. The molecule has 10 aromatic carbocycles. The zero-order chi connectivity index (χ0) is 68.1. The number of hydrogen-bond acceptors (Lipinski definition) is 4. The minimum Gasteiger partial charge on any atom is -0.456 e. The van der Waals surface area contributed by atoms with E-state index in [1.807, 2.05) is 0 Å². The molecule has 4 aliphatic carbocycles. The number of benzene rings is 10. The summed E-state index contributed by atoms with van der Waals surface area (Å²) in [6.07, 6.45) is 29.6. The molecule has 0 bridgehead atoms. The smallest absolute Gasteiger partial charge is 0.159 e. The number of furan rings is 3. The van der Waals surface area contributed by atoms with Crippen LogP contribution in [0.5, 0.6) is 0 Å². The first kappa shape index (κ1) is 64.8. The third-order valence-corrected chi connectivity index (χ3v) is 25.2. The number of rotatable bonds is 27. The van der Waals surface area contributed by atoms with Gasteiger partial charge in [0.15, 0.2) is 5.58 Å². The van der Waals surface area contributed by atoms with Crippen LogP contribution in [-0.4, -0.2) is 0 Å². The molecule has 0 aliphatic heterocycles. The van der Waals surface area contributed by atoms with Crippen LogP contribution < -0.4 is 4.90 Å². The standard InChI is InChI=1S/C96H101NO3/c1-9-13-17-21-33-54-95(55-34-22-18-14-10-2)73-43-29-25-39-67(73)86-87-70-41-28-32-47-82(70)100-92(87)88-68-51-49-63(59-78(68)96(90(88)89(86)95,56-35-23-19-15-11-3)57-36-24-20-16-12-4)97(79-44-37-42-66-65-38-26-30-45-80(65)99-91(66)79)62-48-50-64-71-60-77-72(61-76(71)94(7,8)75(64)58-62)84-74(93(77,5)6)52-53-83-85(84)69-40-27-31-46-81(69)98-83/h25-32,37-53,58-61H,9-24,33-36,54-57H2,1-8H3. The first-order valence-electron chi connectivity index (χ1n) is 39.2. The summed E-state index contributed by atoms with van der Waals surface area (Å²) in [5, 5.41) is 7.26. The molecule has 0 saturated heterocycles. The summed E-state index contributed by atoms with van der Waals surface area (Å²) < 4.78 is 21.5. The lowest BCUT2D eigenvalue weighted by atomic mass is 9.62. The summed E-state index contributed by atoms with van der Waals surface area (Å²) in [6, 6.07) is 68.0. The van der Waals surface area contributed by atoms with E-state index in [2.05, 4.69) is 236 Å². The van der Waals surface area contributed by atoms with Crippen molar-refractivity contribution in [3.8, 4) is 44.5 Å². The summed E-state index contributed by atoms with van der Waals surface area (Å²) in [5.74, 6) is 0. The monoisotopic (exact) mass is 1320 g/mol. The van der Waals surface area contributed by atoms with Crippen LogP contribution in [0.15, 0.2) is 189 Å². The van der Waals surface area contributed by atoms with Crippen LogP contribution in [0.4, 0.5) is 17.1 Å². The molecule has 0 radical (unpaired) electrons. The molecule has 13 aromatic rings. The van der Waals surface area contributed by atoms with Gasteiger partial charge in [-0.05, 0) is 176 Å². The maximum Gasteiger partial charge on any atom is 0.159 e. The van der Waals surface area contributed by atoms with Gasteiger partial charge in [0.2, 0.25) is 0 Å². The molecule has 0 unspecified atom stereocenters. The Balaban J connectivity index is 0.908. The quantitative estimate of drug-likeness (QED) is 0.0481. The molecule has 17 rings (SSSR count).